The molecule has 2 N–H and O–H groups in total. The summed E-state index contributed by atoms with van der Waals surface area (Å²) in [4.78, 5) is 13.0. The molecule has 104 valence electrons. The second-order valence-corrected chi connectivity index (χ2v) is 4.74. The molecule has 1 aromatic carbocycles. The van der Waals surface area contributed by atoms with Crippen molar-refractivity contribution in [1.82, 2.24) is 0 Å². The Bertz CT molecular complexity index is 464. The number of nitrogens with zero attached hydrogens (tertiary/aromatic N) is 2. The molecule has 1 unspecified atom stereocenters. The number of anilines is 2. The van der Waals surface area contributed by atoms with Gasteiger partial charge in [0, 0.05) is 32.2 Å². The molecular weight excluding hydrogens is 246 g/mol. The number of rotatable bonds is 5. The third-order valence-electron chi connectivity index (χ3n) is 3.45. The van der Waals surface area contributed by atoms with Crippen molar-refractivity contribution in [3.63, 3.8) is 0 Å². The van der Waals surface area contributed by atoms with Gasteiger partial charge in [-0.2, -0.15) is 0 Å². The van der Waals surface area contributed by atoms with E-state index in [2.05, 4.69) is 5.32 Å². The number of nitro benzene ring substituents is 1. The highest BCUT2D eigenvalue weighted by molar-refractivity contribution is 5.77. The summed E-state index contributed by atoms with van der Waals surface area (Å²) in [6, 6.07) is 5.33. The van der Waals surface area contributed by atoms with Crippen LogP contribution < -0.4 is 10.2 Å². The van der Waals surface area contributed by atoms with Gasteiger partial charge in [-0.25, -0.2) is 0 Å². The highest BCUT2D eigenvalue weighted by Gasteiger charge is 2.29. The highest BCUT2D eigenvalue weighted by atomic mass is 16.6. The van der Waals surface area contributed by atoms with Crippen LogP contribution in [0.1, 0.15) is 13.3 Å². The minimum Gasteiger partial charge on any atom is -0.396 e. The van der Waals surface area contributed by atoms with E-state index in [0.717, 1.165) is 13.0 Å². The van der Waals surface area contributed by atoms with Crippen LogP contribution in [0.25, 0.3) is 0 Å². The number of para-hydroxylation sites is 1. The third kappa shape index (κ3) is 2.78. The van der Waals surface area contributed by atoms with E-state index in [9.17, 15) is 15.2 Å². The van der Waals surface area contributed by atoms with Crippen LogP contribution in [0.3, 0.4) is 0 Å². The fourth-order valence-corrected chi connectivity index (χ4v) is 2.51. The number of aliphatic hydroxyl groups is 1. The molecule has 2 rings (SSSR count). The smallest absolute Gasteiger partial charge is 0.315 e. The number of hydrogen-bond donors (Lipinski definition) is 2. The van der Waals surface area contributed by atoms with Gasteiger partial charge in [-0.15, -0.1) is 0 Å². The van der Waals surface area contributed by atoms with Crippen molar-refractivity contribution in [1.29, 1.82) is 0 Å². The molecule has 6 heteroatoms. The minimum absolute atomic E-state index is 0.128. The van der Waals surface area contributed by atoms with Gasteiger partial charge >= 0.3 is 5.69 Å². The summed E-state index contributed by atoms with van der Waals surface area (Å²) in [5.41, 5.74) is 1.32. The zero-order valence-electron chi connectivity index (χ0n) is 11.0. The summed E-state index contributed by atoms with van der Waals surface area (Å²) in [5.74, 6) is 0.211. The fourth-order valence-electron chi connectivity index (χ4n) is 2.51. The predicted octanol–water partition coefficient (Wildman–Crippen LogP) is 1.85. The average Bonchev–Trinajstić information content (AvgIpc) is 2.87. The van der Waals surface area contributed by atoms with Gasteiger partial charge in [0.2, 0.25) is 0 Å². The van der Waals surface area contributed by atoms with Gasteiger partial charge in [0.1, 0.15) is 11.4 Å². The van der Waals surface area contributed by atoms with Gasteiger partial charge in [-0.3, -0.25) is 10.1 Å². The van der Waals surface area contributed by atoms with Gasteiger partial charge in [0.25, 0.3) is 0 Å². The number of benzene rings is 1. The standard InChI is InChI=1S/C13H19N3O3/c1-2-14-11-4-3-5-12(13(11)16(18)19)15-7-6-10(8-15)9-17/h3-5,10,14,17H,2,6-9H2,1H3. The Morgan fingerprint density at radius 2 is 2.37 bits per heavy atom. The second-order valence-electron chi connectivity index (χ2n) is 4.74. The van der Waals surface area contributed by atoms with E-state index in [1.807, 2.05) is 17.9 Å². The SMILES string of the molecule is CCNc1cccc(N2CCC(CO)C2)c1[N+](=O)[O-]. The largest absolute Gasteiger partial charge is 0.396 e. The molecule has 1 aromatic rings. The molecule has 0 amide bonds. The van der Waals surface area contributed by atoms with Gasteiger partial charge in [0.15, 0.2) is 0 Å². The first-order valence-electron chi connectivity index (χ1n) is 6.54. The summed E-state index contributed by atoms with van der Waals surface area (Å²) in [6.07, 6.45) is 0.874. The molecular formula is C13H19N3O3. The molecule has 6 nitrogen and oxygen atoms in total. The molecule has 1 atom stereocenters. The van der Waals surface area contributed by atoms with Gasteiger partial charge in [0.05, 0.1) is 4.92 Å². The van der Waals surface area contributed by atoms with Crippen LogP contribution in [-0.4, -0.2) is 36.3 Å². The molecule has 1 aliphatic heterocycles. The molecule has 1 saturated heterocycles. The highest BCUT2D eigenvalue weighted by Crippen LogP contribution is 2.37. The van der Waals surface area contributed by atoms with E-state index >= 15 is 0 Å². The predicted molar refractivity (Wildman–Crippen MR) is 74.7 cm³/mol. The van der Waals surface area contributed by atoms with Crippen molar-refractivity contribution in [2.24, 2.45) is 5.92 Å². The van der Waals surface area contributed by atoms with Gasteiger partial charge in [-0.1, -0.05) is 6.07 Å². The van der Waals surface area contributed by atoms with Crippen LogP contribution in [-0.2, 0) is 0 Å². The number of aliphatic hydroxyl groups excluding tert-OH is 1. The Labute approximate surface area is 112 Å². The molecule has 1 heterocycles. The van der Waals surface area contributed by atoms with Crippen molar-refractivity contribution >= 4 is 17.1 Å². The first kappa shape index (κ1) is 13.6. The molecule has 1 aliphatic rings. The van der Waals surface area contributed by atoms with Gasteiger partial charge in [-0.05, 0) is 25.5 Å². The summed E-state index contributed by atoms with van der Waals surface area (Å²) < 4.78 is 0. The van der Waals surface area contributed by atoms with Crippen molar-refractivity contribution in [2.75, 3.05) is 36.5 Å². The Hall–Kier alpha value is -1.82. The fraction of sp³-hybridized carbons (Fsp3) is 0.538. The maximum Gasteiger partial charge on any atom is 0.315 e. The van der Waals surface area contributed by atoms with Crippen molar-refractivity contribution in [3.8, 4) is 0 Å². The number of nitrogens with one attached hydrogen (secondary N) is 1. The minimum atomic E-state index is -0.334. The first-order chi connectivity index (χ1) is 9.17. The van der Waals surface area contributed by atoms with E-state index in [1.165, 1.54) is 0 Å². The number of nitro groups is 1. The lowest BCUT2D eigenvalue weighted by Crippen LogP contribution is -2.22. The van der Waals surface area contributed by atoms with Crippen LogP contribution in [0.4, 0.5) is 17.1 Å². The van der Waals surface area contributed by atoms with E-state index < -0.39 is 0 Å². The lowest BCUT2D eigenvalue weighted by molar-refractivity contribution is -0.383. The van der Waals surface area contributed by atoms with Crippen molar-refractivity contribution in [2.45, 2.75) is 13.3 Å². The van der Waals surface area contributed by atoms with Gasteiger partial charge < -0.3 is 15.3 Å². The first-order valence-corrected chi connectivity index (χ1v) is 6.54. The molecule has 1 fully saturated rings. The van der Waals surface area contributed by atoms with Crippen LogP contribution >= 0.6 is 0 Å². The molecule has 0 saturated carbocycles. The molecule has 19 heavy (non-hydrogen) atoms. The lowest BCUT2D eigenvalue weighted by Gasteiger charge is -2.19. The lowest BCUT2D eigenvalue weighted by atomic mass is 10.1. The Balaban J connectivity index is 2.34. The zero-order valence-corrected chi connectivity index (χ0v) is 11.0. The molecule has 0 bridgehead atoms. The van der Waals surface area contributed by atoms with Crippen LogP contribution in [0.15, 0.2) is 18.2 Å². The maximum absolute atomic E-state index is 11.3. The van der Waals surface area contributed by atoms with Crippen LogP contribution in [0.2, 0.25) is 0 Å². The van der Waals surface area contributed by atoms with Crippen molar-refractivity contribution in [3.05, 3.63) is 28.3 Å². The summed E-state index contributed by atoms with van der Waals surface area (Å²) in [6.45, 7) is 4.11. The zero-order chi connectivity index (χ0) is 13.8. The van der Waals surface area contributed by atoms with E-state index in [1.54, 1.807) is 12.1 Å². The molecule has 0 spiro atoms. The molecule has 0 aromatic heterocycles. The summed E-state index contributed by atoms with van der Waals surface area (Å²) in [7, 11) is 0. The van der Waals surface area contributed by atoms with E-state index in [-0.39, 0.29) is 23.1 Å². The molecule has 0 aliphatic carbocycles. The maximum atomic E-state index is 11.3. The third-order valence-corrected chi connectivity index (χ3v) is 3.45. The normalized spacial score (nSPS) is 18.6. The van der Waals surface area contributed by atoms with Crippen LogP contribution in [0, 0.1) is 16.0 Å². The van der Waals surface area contributed by atoms with Crippen molar-refractivity contribution < 1.29 is 10.0 Å². The number of hydrogen-bond acceptors (Lipinski definition) is 5. The molecule has 0 radical (unpaired) electrons. The Kier molecular flexibility index (Phi) is 4.21. The average molecular weight is 265 g/mol. The summed E-state index contributed by atoms with van der Waals surface area (Å²) in [5, 5.41) is 23.5. The monoisotopic (exact) mass is 265 g/mol. The van der Waals surface area contributed by atoms with Crippen LogP contribution in [0.5, 0.6) is 0 Å². The van der Waals surface area contributed by atoms with E-state index in [4.69, 9.17) is 0 Å². The Morgan fingerprint density at radius 1 is 1.58 bits per heavy atom. The van der Waals surface area contributed by atoms with E-state index in [0.29, 0.717) is 24.5 Å². The second kappa shape index (κ2) is 5.88. The summed E-state index contributed by atoms with van der Waals surface area (Å²) >= 11 is 0. The topological polar surface area (TPSA) is 78.6 Å². The Morgan fingerprint density at radius 3 is 2.95 bits per heavy atom. The quantitative estimate of drug-likeness (QED) is 0.627.